The summed E-state index contributed by atoms with van der Waals surface area (Å²) in [6.45, 7) is 4.13. The zero-order valence-corrected chi connectivity index (χ0v) is 22.7. The van der Waals surface area contributed by atoms with Gasteiger partial charge >= 0.3 is 18.0 Å². The van der Waals surface area contributed by atoms with Crippen LogP contribution in [0.15, 0.2) is 41.4 Å². The van der Waals surface area contributed by atoms with Crippen LogP contribution in [0, 0.1) is 10.5 Å². The number of amides is 1. The molecule has 0 saturated heterocycles. The minimum atomic E-state index is -6.29. The van der Waals surface area contributed by atoms with Crippen molar-refractivity contribution >= 4 is 49.9 Å². The van der Waals surface area contributed by atoms with E-state index in [2.05, 4.69) is 4.99 Å². The number of benzene rings is 2. The fourth-order valence-corrected chi connectivity index (χ4v) is 6.24. The summed E-state index contributed by atoms with van der Waals surface area (Å²) in [6, 6.07) is 6.17. The van der Waals surface area contributed by atoms with E-state index < -0.39 is 50.6 Å². The lowest BCUT2D eigenvalue weighted by Crippen LogP contribution is -2.50. The monoisotopic (exact) mass is 664 g/mol. The molecule has 0 aromatic heterocycles. The molecule has 1 amide bonds. The summed E-state index contributed by atoms with van der Waals surface area (Å²) in [7, 11) is -3.53. The average molecular weight is 664 g/mol. The molecule has 14 heteroatoms. The third-order valence-corrected chi connectivity index (χ3v) is 7.65. The maximum absolute atomic E-state index is 14.6. The Kier molecular flexibility index (Phi) is 7.30. The van der Waals surface area contributed by atoms with E-state index in [9.17, 15) is 43.9 Å². The molecule has 0 spiro atoms. The topological polar surface area (TPSA) is 66.8 Å². The molecule has 0 unspecified atom stereocenters. The number of aryl methyl sites for hydroxylation is 1. The van der Waals surface area contributed by atoms with Gasteiger partial charge in [0.1, 0.15) is 15.7 Å². The van der Waals surface area contributed by atoms with Gasteiger partial charge in [-0.1, -0.05) is 18.2 Å². The Bertz CT molecular complexity index is 1390. The van der Waals surface area contributed by atoms with Crippen molar-refractivity contribution in [2.75, 3.05) is 16.9 Å². The highest BCUT2D eigenvalue weighted by Gasteiger charge is 2.73. The first kappa shape index (κ1) is 29.3. The zero-order chi connectivity index (χ0) is 28.4. The predicted octanol–water partition coefficient (Wildman–Crippen LogP) is 6.12. The van der Waals surface area contributed by atoms with E-state index >= 15 is 0 Å². The van der Waals surface area contributed by atoms with Crippen molar-refractivity contribution in [1.82, 2.24) is 0 Å². The Morgan fingerprint density at radius 2 is 1.54 bits per heavy atom. The number of alkyl halides is 7. The van der Waals surface area contributed by atoms with E-state index in [1.807, 2.05) is 22.6 Å². The number of fused-ring (bicyclic) bond motifs is 1. The molecule has 0 aliphatic carbocycles. The summed E-state index contributed by atoms with van der Waals surface area (Å²) in [4.78, 5) is 18.9. The van der Waals surface area contributed by atoms with Gasteiger partial charge < -0.3 is 0 Å². The Morgan fingerprint density at radius 1 is 0.973 bits per heavy atom. The lowest BCUT2D eigenvalue weighted by atomic mass is 9.92. The van der Waals surface area contributed by atoms with Gasteiger partial charge in [-0.05, 0) is 67.1 Å². The highest BCUT2D eigenvalue weighted by molar-refractivity contribution is 14.1. The average Bonchev–Trinajstić information content (AvgIpc) is 2.96. The van der Waals surface area contributed by atoms with Crippen LogP contribution in [0.25, 0.3) is 0 Å². The van der Waals surface area contributed by atoms with Crippen LogP contribution in [0.3, 0.4) is 0 Å². The number of nitrogens with zero attached hydrogens (tertiary/aromatic N) is 2. The summed E-state index contributed by atoms with van der Waals surface area (Å²) in [6.07, 6.45) is -11.6. The molecule has 1 aliphatic rings. The van der Waals surface area contributed by atoms with Crippen molar-refractivity contribution in [2.24, 2.45) is 4.99 Å². The third kappa shape index (κ3) is 5.36. The number of sulfone groups is 1. The molecule has 0 N–H and O–H groups in total. The smallest absolute Gasteiger partial charge is 0.268 e. The van der Waals surface area contributed by atoms with Gasteiger partial charge in [-0.2, -0.15) is 26.3 Å². The molecule has 2 aromatic rings. The second-order valence-corrected chi connectivity index (χ2v) is 12.6. The number of halogens is 8. The molecule has 0 atom stereocenters. The van der Waals surface area contributed by atoms with Crippen molar-refractivity contribution in [2.45, 2.75) is 44.3 Å². The van der Waals surface area contributed by atoms with E-state index in [0.717, 1.165) is 24.1 Å². The largest absolute Gasteiger partial charge is 0.435 e. The fourth-order valence-electron chi connectivity index (χ4n) is 4.16. The molecule has 1 aliphatic heterocycles. The number of hydrogen-bond donors (Lipinski definition) is 0. The predicted molar refractivity (Wildman–Crippen MR) is 132 cm³/mol. The van der Waals surface area contributed by atoms with Crippen LogP contribution >= 0.6 is 22.6 Å². The summed E-state index contributed by atoms with van der Waals surface area (Å²) < 4.78 is 119. The fraction of sp³-hybridized carbons (Fsp3) is 0.391. The third-order valence-electron chi connectivity index (χ3n) is 5.52. The number of anilines is 1. The molecule has 0 fully saturated rings. The SMILES string of the molecule is Cc1cc(C(F)(C(F)(F)F)C(F)(F)F)ccc1N1C(=O)c2cccc(I)c2/C1=N/C(C)(C)CS(C)(=O)=O. The molecule has 3 rings (SSSR count). The number of hydrogen-bond acceptors (Lipinski definition) is 4. The van der Waals surface area contributed by atoms with E-state index in [1.165, 1.54) is 19.9 Å². The maximum Gasteiger partial charge on any atom is 0.435 e. The van der Waals surface area contributed by atoms with E-state index in [0.29, 0.717) is 21.3 Å². The van der Waals surface area contributed by atoms with Gasteiger partial charge in [-0.3, -0.25) is 14.7 Å². The van der Waals surface area contributed by atoms with Gasteiger partial charge in [0.2, 0.25) is 0 Å². The minimum absolute atomic E-state index is 0.0346. The van der Waals surface area contributed by atoms with E-state index in [-0.39, 0.29) is 22.6 Å². The zero-order valence-electron chi connectivity index (χ0n) is 19.7. The summed E-state index contributed by atoms with van der Waals surface area (Å²) in [5, 5.41) is 0. The quantitative estimate of drug-likeness (QED) is 0.286. The lowest BCUT2D eigenvalue weighted by molar-refractivity contribution is -0.348. The molecule has 0 radical (unpaired) electrons. The summed E-state index contributed by atoms with van der Waals surface area (Å²) in [5.41, 5.74) is -8.53. The first-order valence-corrected chi connectivity index (χ1v) is 13.6. The molecule has 0 bridgehead atoms. The number of rotatable bonds is 5. The van der Waals surface area contributed by atoms with Crippen molar-refractivity contribution < 1.29 is 43.9 Å². The number of carbonyl (C=O) groups excluding carboxylic acids is 1. The van der Waals surface area contributed by atoms with Crippen molar-refractivity contribution in [3.8, 4) is 0 Å². The van der Waals surface area contributed by atoms with Gasteiger partial charge in [0.15, 0.2) is 0 Å². The van der Waals surface area contributed by atoms with Crippen molar-refractivity contribution in [1.29, 1.82) is 0 Å². The van der Waals surface area contributed by atoms with Gasteiger partial charge in [0, 0.05) is 21.0 Å². The standard InChI is InChI=1S/C23H20F7IN2O3S/c1-12-10-13(21(24,22(25,26)27)23(28,29)30)8-9-16(12)33-18(32-20(2,3)11-37(4,35)36)17-14(19(33)34)6-5-7-15(17)31/h5-10H,11H2,1-4H3/b32-18-. The highest BCUT2D eigenvalue weighted by atomic mass is 127. The molecule has 5 nitrogen and oxygen atoms in total. The maximum atomic E-state index is 14.6. The highest BCUT2D eigenvalue weighted by Crippen LogP contribution is 2.53. The molecule has 37 heavy (non-hydrogen) atoms. The van der Waals surface area contributed by atoms with Crippen molar-refractivity contribution in [3.05, 3.63) is 62.2 Å². The molecule has 0 saturated carbocycles. The van der Waals surface area contributed by atoms with Crippen LogP contribution in [0.2, 0.25) is 0 Å². The Labute approximate surface area is 221 Å². The minimum Gasteiger partial charge on any atom is -0.268 e. The normalized spacial score (nSPS) is 16.5. The van der Waals surface area contributed by atoms with Crippen LogP contribution in [0.5, 0.6) is 0 Å². The van der Waals surface area contributed by atoms with E-state index in [4.69, 9.17) is 0 Å². The first-order valence-electron chi connectivity index (χ1n) is 10.4. The van der Waals surface area contributed by atoms with Crippen LogP contribution in [0.1, 0.15) is 40.9 Å². The Balaban J connectivity index is 2.25. The molecule has 2 aromatic carbocycles. The van der Waals surface area contributed by atoms with Crippen LogP contribution < -0.4 is 4.90 Å². The Morgan fingerprint density at radius 3 is 2.03 bits per heavy atom. The van der Waals surface area contributed by atoms with Gasteiger partial charge in [-0.15, -0.1) is 0 Å². The lowest BCUT2D eigenvalue weighted by Gasteiger charge is -2.31. The molecule has 202 valence electrons. The summed E-state index contributed by atoms with van der Waals surface area (Å²) >= 11 is 1.92. The van der Waals surface area contributed by atoms with Gasteiger partial charge in [0.25, 0.3) is 5.91 Å². The van der Waals surface area contributed by atoms with Gasteiger partial charge in [-0.25, -0.2) is 12.8 Å². The van der Waals surface area contributed by atoms with Crippen LogP contribution in [-0.4, -0.2) is 50.1 Å². The van der Waals surface area contributed by atoms with Crippen LogP contribution in [-0.2, 0) is 15.5 Å². The first-order chi connectivity index (χ1) is 16.6. The number of carbonyl (C=O) groups is 1. The summed E-state index contributed by atoms with van der Waals surface area (Å²) in [5.74, 6) is -1.13. The van der Waals surface area contributed by atoms with Crippen molar-refractivity contribution in [3.63, 3.8) is 0 Å². The molecule has 1 heterocycles. The van der Waals surface area contributed by atoms with Crippen LogP contribution in [0.4, 0.5) is 36.4 Å². The number of amidine groups is 1. The molecular weight excluding hydrogens is 644 g/mol. The Hall–Kier alpha value is -2.23. The second-order valence-electron chi connectivity index (χ2n) is 9.28. The molecular formula is C23H20F7IN2O3S. The van der Waals surface area contributed by atoms with Gasteiger partial charge in [0.05, 0.1) is 22.5 Å². The number of aliphatic imine (C=N–C) groups is 1. The van der Waals surface area contributed by atoms with E-state index in [1.54, 1.807) is 12.1 Å². The second kappa shape index (κ2) is 9.20.